The Morgan fingerprint density at radius 1 is 1.28 bits per heavy atom. The number of ether oxygens (including phenoxy) is 1. The van der Waals surface area contributed by atoms with E-state index in [2.05, 4.69) is 10.4 Å². The van der Waals surface area contributed by atoms with E-state index in [-0.39, 0.29) is 18.4 Å². The number of nitrogens with one attached hydrogen (secondary N) is 1. The van der Waals surface area contributed by atoms with Crippen LogP contribution in [0, 0.1) is 6.92 Å². The van der Waals surface area contributed by atoms with Crippen molar-refractivity contribution in [2.75, 3.05) is 26.0 Å². The Hall–Kier alpha value is -2.19. The van der Waals surface area contributed by atoms with Crippen LogP contribution in [0.4, 0.5) is 5.00 Å². The summed E-state index contributed by atoms with van der Waals surface area (Å²) in [6.45, 7) is 2.88. The van der Waals surface area contributed by atoms with E-state index in [0.717, 1.165) is 42.5 Å². The van der Waals surface area contributed by atoms with E-state index in [1.165, 1.54) is 36.2 Å². The van der Waals surface area contributed by atoms with Gasteiger partial charge < -0.3 is 10.1 Å². The van der Waals surface area contributed by atoms with E-state index in [9.17, 15) is 9.59 Å². The standard InChI is InChI=1S/C21H30N4O3S/c1-14-15(11-22-25(14)3)12-24(2)13-18(26)23-20-19(21(27)28-4)16-9-7-5-6-8-10-17(16)29-20/h11H,5-10,12-13H2,1-4H3,(H,23,26). The van der Waals surface area contributed by atoms with Gasteiger partial charge in [0.05, 0.1) is 25.4 Å². The minimum Gasteiger partial charge on any atom is -0.465 e. The molecule has 2 heterocycles. The fourth-order valence-electron chi connectivity index (χ4n) is 3.78. The Kier molecular flexibility index (Phi) is 7.08. The van der Waals surface area contributed by atoms with Crippen molar-refractivity contribution in [3.8, 4) is 0 Å². The Balaban J connectivity index is 1.72. The van der Waals surface area contributed by atoms with E-state index in [4.69, 9.17) is 4.74 Å². The lowest BCUT2D eigenvalue weighted by Gasteiger charge is -2.16. The first kappa shape index (κ1) is 21.5. The van der Waals surface area contributed by atoms with Crippen molar-refractivity contribution in [2.24, 2.45) is 7.05 Å². The molecule has 1 aliphatic rings. The fraction of sp³-hybridized carbons (Fsp3) is 0.571. The van der Waals surface area contributed by atoms with Gasteiger partial charge in [-0.2, -0.15) is 5.10 Å². The molecule has 0 atom stereocenters. The lowest BCUT2D eigenvalue weighted by Crippen LogP contribution is -2.30. The van der Waals surface area contributed by atoms with Crippen LogP contribution in [0.1, 0.15) is 57.7 Å². The smallest absolute Gasteiger partial charge is 0.341 e. The fourth-order valence-corrected chi connectivity index (χ4v) is 5.08. The van der Waals surface area contributed by atoms with Crippen LogP contribution in [-0.4, -0.2) is 47.3 Å². The van der Waals surface area contributed by atoms with Gasteiger partial charge in [0, 0.05) is 29.7 Å². The van der Waals surface area contributed by atoms with Crippen molar-refractivity contribution in [3.63, 3.8) is 0 Å². The highest BCUT2D eigenvalue weighted by Gasteiger charge is 2.26. The highest BCUT2D eigenvalue weighted by molar-refractivity contribution is 7.17. The van der Waals surface area contributed by atoms with E-state index in [1.54, 1.807) is 0 Å². The molecular formula is C21H30N4O3S. The summed E-state index contributed by atoms with van der Waals surface area (Å²) in [7, 11) is 5.20. The number of likely N-dealkylation sites (N-methyl/N-ethyl adjacent to an activating group) is 1. The number of carbonyl (C=O) groups excluding carboxylic acids is 2. The second-order valence-electron chi connectivity index (χ2n) is 7.71. The molecular weight excluding hydrogens is 388 g/mol. The van der Waals surface area contributed by atoms with E-state index < -0.39 is 0 Å². The maximum absolute atomic E-state index is 12.7. The maximum Gasteiger partial charge on any atom is 0.341 e. The number of amides is 1. The number of fused-ring (bicyclic) bond motifs is 1. The third-order valence-corrected chi connectivity index (χ3v) is 6.71. The van der Waals surface area contributed by atoms with Crippen molar-refractivity contribution in [2.45, 2.75) is 52.0 Å². The highest BCUT2D eigenvalue weighted by Crippen LogP contribution is 2.37. The minimum absolute atomic E-state index is 0.131. The number of nitrogens with zero attached hydrogens (tertiary/aromatic N) is 3. The van der Waals surface area contributed by atoms with E-state index in [1.807, 2.05) is 36.8 Å². The number of rotatable bonds is 6. The van der Waals surface area contributed by atoms with Crippen LogP contribution in [-0.2, 0) is 36.0 Å². The number of esters is 1. The SMILES string of the molecule is COC(=O)c1c(NC(=O)CN(C)Cc2cnn(C)c2C)sc2c1CCCCCC2. The first-order valence-corrected chi connectivity index (χ1v) is 10.9. The third kappa shape index (κ3) is 5.05. The van der Waals surface area contributed by atoms with Gasteiger partial charge in [0.15, 0.2) is 0 Å². The van der Waals surface area contributed by atoms with Gasteiger partial charge in [-0.1, -0.05) is 12.8 Å². The summed E-state index contributed by atoms with van der Waals surface area (Å²) in [4.78, 5) is 28.3. The van der Waals surface area contributed by atoms with Gasteiger partial charge in [0.1, 0.15) is 5.00 Å². The van der Waals surface area contributed by atoms with Gasteiger partial charge in [0.25, 0.3) is 0 Å². The lowest BCUT2D eigenvalue weighted by molar-refractivity contribution is -0.117. The van der Waals surface area contributed by atoms with Crippen molar-refractivity contribution >= 4 is 28.2 Å². The molecule has 0 saturated heterocycles. The van der Waals surface area contributed by atoms with Crippen molar-refractivity contribution < 1.29 is 14.3 Å². The van der Waals surface area contributed by atoms with Gasteiger partial charge in [0.2, 0.25) is 5.91 Å². The Morgan fingerprint density at radius 3 is 2.66 bits per heavy atom. The topological polar surface area (TPSA) is 76.5 Å². The molecule has 8 heteroatoms. The van der Waals surface area contributed by atoms with Gasteiger partial charge in [-0.05, 0) is 45.2 Å². The zero-order valence-corrected chi connectivity index (χ0v) is 18.5. The average Bonchev–Trinajstić information content (AvgIpc) is 3.14. The van der Waals surface area contributed by atoms with Crippen LogP contribution in [0.25, 0.3) is 0 Å². The first-order valence-electron chi connectivity index (χ1n) is 10.1. The number of hydrogen-bond acceptors (Lipinski definition) is 6. The quantitative estimate of drug-likeness (QED) is 0.729. The normalized spacial score (nSPS) is 14.2. The zero-order chi connectivity index (χ0) is 21.0. The summed E-state index contributed by atoms with van der Waals surface area (Å²) >= 11 is 1.53. The molecule has 0 fully saturated rings. The number of aromatic nitrogens is 2. The predicted molar refractivity (Wildman–Crippen MR) is 114 cm³/mol. The molecule has 1 amide bonds. The number of carbonyl (C=O) groups is 2. The summed E-state index contributed by atoms with van der Waals surface area (Å²) in [6, 6.07) is 0. The van der Waals surface area contributed by atoms with Gasteiger partial charge in [-0.25, -0.2) is 4.79 Å². The molecule has 7 nitrogen and oxygen atoms in total. The minimum atomic E-state index is -0.363. The summed E-state index contributed by atoms with van der Waals surface area (Å²) in [5.41, 5.74) is 3.80. The molecule has 0 bridgehead atoms. The van der Waals surface area contributed by atoms with Gasteiger partial charge in [-0.15, -0.1) is 11.3 Å². The molecule has 0 unspecified atom stereocenters. The molecule has 2 aromatic rings. The molecule has 2 aromatic heterocycles. The molecule has 0 saturated carbocycles. The molecule has 0 radical (unpaired) electrons. The van der Waals surface area contributed by atoms with Crippen molar-refractivity contribution in [3.05, 3.63) is 33.5 Å². The maximum atomic E-state index is 12.7. The number of methoxy groups -OCH3 is 1. The summed E-state index contributed by atoms with van der Waals surface area (Å²) in [5, 5.41) is 7.85. The molecule has 3 rings (SSSR count). The zero-order valence-electron chi connectivity index (χ0n) is 17.7. The third-order valence-electron chi connectivity index (χ3n) is 5.50. The Labute approximate surface area is 176 Å². The summed E-state index contributed by atoms with van der Waals surface area (Å²) in [6.07, 6.45) is 8.23. The summed E-state index contributed by atoms with van der Waals surface area (Å²) < 4.78 is 6.85. The van der Waals surface area contributed by atoms with Crippen molar-refractivity contribution in [1.29, 1.82) is 0 Å². The highest BCUT2D eigenvalue weighted by atomic mass is 32.1. The van der Waals surface area contributed by atoms with Crippen LogP contribution in [0.2, 0.25) is 0 Å². The van der Waals surface area contributed by atoms with Crippen LogP contribution in [0.5, 0.6) is 0 Å². The number of anilines is 1. The van der Waals surface area contributed by atoms with E-state index in [0.29, 0.717) is 17.1 Å². The molecule has 1 N–H and O–H groups in total. The molecule has 1 aliphatic carbocycles. The van der Waals surface area contributed by atoms with Crippen molar-refractivity contribution in [1.82, 2.24) is 14.7 Å². The average molecular weight is 419 g/mol. The molecule has 0 spiro atoms. The van der Waals surface area contributed by atoms with Gasteiger partial charge in [-0.3, -0.25) is 14.4 Å². The number of hydrogen-bond donors (Lipinski definition) is 1. The molecule has 158 valence electrons. The molecule has 0 aromatic carbocycles. The second kappa shape index (κ2) is 9.54. The Bertz CT molecular complexity index is 887. The number of thiophene rings is 1. The summed E-state index contributed by atoms with van der Waals surface area (Å²) in [5.74, 6) is -0.494. The van der Waals surface area contributed by atoms with Crippen LogP contribution < -0.4 is 5.32 Å². The van der Waals surface area contributed by atoms with Crippen LogP contribution in [0.15, 0.2) is 6.20 Å². The monoisotopic (exact) mass is 418 g/mol. The lowest BCUT2D eigenvalue weighted by atomic mass is 9.96. The van der Waals surface area contributed by atoms with Gasteiger partial charge >= 0.3 is 5.97 Å². The number of aryl methyl sites for hydroxylation is 2. The van der Waals surface area contributed by atoms with Crippen LogP contribution >= 0.6 is 11.3 Å². The Morgan fingerprint density at radius 2 is 2.00 bits per heavy atom. The second-order valence-corrected chi connectivity index (χ2v) is 8.82. The predicted octanol–water partition coefficient (Wildman–Crippen LogP) is 3.31. The first-order chi connectivity index (χ1) is 13.9. The molecule has 0 aliphatic heterocycles. The molecule has 29 heavy (non-hydrogen) atoms. The van der Waals surface area contributed by atoms with Crippen LogP contribution in [0.3, 0.4) is 0 Å². The van der Waals surface area contributed by atoms with E-state index >= 15 is 0 Å². The largest absolute Gasteiger partial charge is 0.465 e.